The van der Waals surface area contributed by atoms with Crippen LogP contribution in [-0.4, -0.2) is 18.1 Å². The largest absolute Gasteiger partial charge is 0.374 e. The summed E-state index contributed by atoms with van der Waals surface area (Å²) in [5.74, 6) is 0.705. The zero-order chi connectivity index (χ0) is 13.1. The highest BCUT2D eigenvalue weighted by molar-refractivity contribution is 7.11. The Bertz CT molecular complexity index is 385. The molecule has 3 nitrogen and oxygen atoms in total. The van der Waals surface area contributed by atoms with E-state index in [-0.39, 0.29) is 6.10 Å². The van der Waals surface area contributed by atoms with E-state index in [2.05, 4.69) is 26.1 Å². The van der Waals surface area contributed by atoms with Crippen molar-refractivity contribution in [2.24, 2.45) is 5.92 Å². The van der Waals surface area contributed by atoms with Gasteiger partial charge < -0.3 is 10.1 Å². The molecular formula is C14H24N2OS. The van der Waals surface area contributed by atoms with Crippen LogP contribution in [0.25, 0.3) is 0 Å². The lowest BCUT2D eigenvalue weighted by Gasteiger charge is -2.10. The first-order valence-electron chi connectivity index (χ1n) is 6.90. The second-order valence-electron chi connectivity index (χ2n) is 5.30. The van der Waals surface area contributed by atoms with Crippen molar-refractivity contribution in [3.63, 3.8) is 0 Å². The molecule has 1 N–H and O–H groups in total. The fraction of sp³-hybridized carbons (Fsp3) is 0.786. The number of methoxy groups -OCH3 is 1. The fourth-order valence-electron chi connectivity index (χ4n) is 2.13. The van der Waals surface area contributed by atoms with Gasteiger partial charge in [0.1, 0.15) is 11.1 Å². The number of hydrogen-bond acceptors (Lipinski definition) is 4. The predicted molar refractivity (Wildman–Crippen MR) is 75.9 cm³/mol. The molecule has 0 spiro atoms. The van der Waals surface area contributed by atoms with Gasteiger partial charge in [-0.2, -0.15) is 0 Å². The monoisotopic (exact) mass is 268 g/mol. The van der Waals surface area contributed by atoms with Gasteiger partial charge in [-0.15, -0.1) is 11.3 Å². The van der Waals surface area contributed by atoms with Gasteiger partial charge in [0.2, 0.25) is 0 Å². The number of thiazole rings is 1. The van der Waals surface area contributed by atoms with Gasteiger partial charge in [-0.05, 0) is 25.2 Å². The van der Waals surface area contributed by atoms with Crippen molar-refractivity contribution in [1.82, 2.24) is 10.3 Å². The third kappa shape index (κ3) is 3.31. The molecule has 2 rings (SSSR count). The van der Waals surface area contributed by atoms with Gasteiger partial charge >= 0.3 is 0 Å². The van der Waals surface area contributed by atoms with E-state index in [4.69, 9.17) is 9.72 Å². The highest BCUT2D eigenvalue weighted by Crippen LogP contribution is 2.44. The highest BCUT2D eigenvalue weighted by atomic mass is 32.1. The molecule has 1 aromatic rings. The number of nitrogens with zero attached hydrogens (tertiary/aromatic N) is 1. The van der Waals surface area contributed by atoms with Crippen molar-refractivity contribution in [2.75, 3.05) is 7.11 Å². The van der Waals surface area contributed by atoms with E-state index in [9.17, 15) is 0 Å². The molecule has 0 radical (unpaired) electrons. The quantitative estimate of drug-likeness (QED) is 0.824. The first-order chi connectivity index (χ1) is 8.65. The van der Waals surface area contributed by atoms with Crippen molar-refractivity contribution in [2.45, 2.75) is 58.7 Å². The standard InChI is InChI=1S/C14H24N2OS/c1-5-11-12(8-15-9(2)3)18-14(16-11)13(17-4)10-6-7-10/h9-10,13,15H,5-8H2,1-4H3. The maximum Gasteiger partial charge on any atom is 0.122 e. The lowest BCUT2D eigenvalue weighted by molar-refractivity contribution is 0.0842. The lowest BCUT2D eigenvalue weighted by Crippen LogP contribution is -2.21. The van der Waals surface area contributed by atoms with E-state index in [0.29, 0.717) is 12.0 Å². The third-order valence-corrected chi connectivity index (χ3v) is 4.51. The summed E-state index contributed by atoms with van der Waals surface area (Å²) < 4.78 is 5.63. The van der Waals surface area contributed by atoms with Gasteiger partial charge in [0, 0.05) is 24.6 Å². The van der Waals surface area contributed by atoms with Crippen molar-refractivity contribution >= 4 is 11.3 Å². The molecule has 0 aliphatic heterocycles. The number of nitrogens with one attached hydrogen (secondary N) is 1. The number of ether oxygens (including phenoxy) is 1. The summed E-state index contributed by atoms with van der Waals surface area (Å²) in [4.78, 5) is 6.17. The van der Waals surface area contributed by atoms with Gasteiger partial charge in [-0.3, -0.25) is 0 Å². The lowest BCUT2D eigenvalue weighted by atomic mass is 10.2. The molecular weight excluding hydrogens is 244 g/mol. The van der Waals surface area contributed by atoms with Crippen LogP contribution >= 0.6 is 11.3 Å². The van der Waals surface area contributed by atoms with Crippen LogP contribution in [0.4, 0.5) is 0 Å². The molecule has 0 saturated heterocycles. The Morgan fingerprint density at radius 2 is 2.17 bits per heavy atom. The van der Waals surface area contributed by atoms with Crippen LogP contribution < -0.4 is 5.32 Å². The zero-order valence-corrected chi connectivity index (χ0v) is 12.6. The predicted octanol–water partition coefficient (Wildman–Crippen LogP) is 3.30. The molecule has 0 aromatic carbocycles. The third-order valence-electron chi connectivity index (χ3n) is 3.35. The van der Waals surface area contributed by atoms with Crippen molar-refractivity contribution in [3.8, 4) is 0 Å². The minimum atomic E-state index is 0.230. The Morgan fingerprint density at radius 3 is 2.67 bits per heavy atom. The summed E-state index contributed by atoms with van der Waals surface area (Å²) in [6, 6.07) is 0.516. The van der Waals surface area contributed by atoms with Gasteiger partial charge in [-0.1, -0.05) is 20.8 Å². The summed E-state index contributed by atoms with van der Waals surface area (Å²) >= 11 is 1.83. The molecule has 0 amide bonds. The summed E-state index contributed by atoms with van der Waals surface area (Å²) in [6.45, 7) is 7.46. The molecule has 4 heteroatoms. The molecule has 1 unspecified atom stereocenters. The summed E-state index contributed by atoms with van der Waals surface area (Å²) in [5, 5.41) is 4.66. The smallest absolute Gasteiger partial charge is 0.122 e. The number of aryl methyl sites for hydroxylation is 1. The van der Waals surface area contributed by atoms with E-state index < -0.39 is 0 Å². The van der Waals surface area contributed by atoms with Crippen LogP contribution in [-0.2, 0) is 17.7 Å². The number of aromatic nitrogens is 1. The number of hydrogen-bond donors (Lipinski definition) is 1. The molecule has 0 bridgehead atoms. The second-order valence-corrected chi connectivity index (χ2v) is 6.42. The maximum absolute atomic E-state index is 5.63. The fourth-order valence-corrected chi connectivity index (χ4v) is 3.41. The highest BCUT2D eigenvalue weighted by Gasteiger charge is 2.34. The van der Waals surface area contributed by atoms with E-state index in [1.807, 2.05) is 18.4 Å². The van der Waals surface area contributed by atoms with E-state index >= 15 is 0 Å². The summed E-state index contributed by atoms with van der Waals surface area (Å²) in [6.07, 6.45) is 3.82. The van der Waals surface area contributed by atoms with Gasteiger partial charge in [0.05, 0.1) is 5.69 Å². The summed E-state index contributed by atoms with van der Waals surface area (Å²) in [7, 11) is 1.81. The topological polar surface area (TPSA) is 34.1 Å². The van der Waals surface area contributed by atoms with Crippen molar-refractivity contribution in [1.29, 1.82) is 0 Å². The summed E-state index contributed by atoms with van der Waals surface area (Å²) in [5.41, 5.74) is 1.24. The number of rotatable bonds is 7. The van der Waals surface area contributed by atoms with Crippen LogP contribution in [0.15, 0.2) is 0 Å². The molecule has 1 saturated carbocycles. The van der Waals surface area contributed by atoms with Crippen molar-refractivity contribution < 1.29 is 4.74 Å². The Hall–Kier alpha value is -0.450. The van der Waals surface area contributed by atoms with E-state index in [0.717, 1.165) is 13.0 Å². The van der Waals surface area contributed by atoms with Crippen LogP contribution in [0.5, 0.6) is 0 Å². The first-order valence-corrected chi connectivity index (χ1v) is 7.72. The Labute approximate surface area is 114 Å². The zero-order valence-electron chi connectivity index (χ0n) is 11.8. The molecule has 1 aliphatic rings. The normalized spacial score (nSPS) is 17.4. The molecule has 1 atom stereocenters. The Kier molecular flexibility index (Phi) is 4.76. The van der Waals surface area contributed by atoms with Crippen molar-refractivity contribution in [3.05, 3.63) is 15.6 Å². The van der Waals surface area contributed by atoms with Crippen LogP contribution in [0.1, 0.15) is 55.3 Å². The Balaban J connectivity index is 2.11. The minimum Gasteiger partial charge on any atom is -0.374 e. The maximum atomic E-state index is 5.63. The van der Waals surface area contributed by atoms with Gasteiger partial charge in [-0.25, -0.2) is 4.98 Å². The van der Waals surface area contributed by atoms with Crippen LogP contribution in [0.3, 0.4) is 0 Å². The second kappa shape index (κ2) is 6.13. The molecule has 1 aromatic heterocycles. The molecule has 1 fully saturated rings. The Morgan fingerprint density at radius 1 is 1.44 bits per heavy atom. The molecule has 1 heterocycles. The molecule has 102 valence electrons. The van der Waals surface area contributed by atoms with E-state index in [1.165, 1.54) is 28.4 Å². The SMILES string of the molecule is CCc1nc(C(OC)C2CC2)sc1CNC(C)C. The van der Waals surface area contributed by atoms with Crippen LogP contribution in [0, 0.1) is 5.92 Å². The average molecular weight is 268 g/mol. The van der Waals surface area contributed by atoms with Gasteiger partial charge in [0.25, 0.3) is 0 Å². The molecule has 1 aliphatic carbocycles. The first kappa shape index (κ1) is 14.0. The average Bonchev–Trinajstić information content (AvgIpc) is 3.08. The van der Waals surface area contributed by atoms with Crippen LogP contribution in [0.2, 0.25) is 0 Å². The molecule has 18 heavy (non-hydrogen) atoms. The van der Waals surface area contributed by atoms with Gasteiger partial charge in [0.15, 0.2) is 0 Å². The van der Waals surface area contributed by atoms with E-state index in [1.54, 1.807) is 0 Å². The minimum absolute atomic E-state index is 0.230.